The van der Waals surface area contributed by atoms with Crippen LogP contribution in [0, 0.1) is 0 Å². The number of hydrogen-bond acceptors (Lipinski definition) is 7. The van der Waals surface area contributed by atoms with Crippen molar-refractivity contribution < 1.29 is 27.6 Å². The zero-order chi connectivity index (χ0) is 28.3. The SMILES string of the molecule is CCOc1cc(Cl)ccc1NC(=O)c1cc2ccccc2c(N=Nc2cc(Cl)c(S(=O)(=O)O)c(CC)c2)c1O. The van der Waals surface area contributed by atoms with E-state index in [1.54, 1.807) is 56.3 Å². The molecule has 0 aliphatic heterocycles. The molecule has 0 bridgehead atoms. The molecule has 0 aliphatic carbocycles. The molecule has 202 valence electrons. The summed E-state index contributed by atoms with van der Waals surface area (Å²) < 4.78 is 38.6. The fourth-order valence-corrected chi connectivity index (χ4v) is 5.53. The number of carbonyl (C=O) groups excluding carboxylic acids is 1. The van der Waals surface area contributed by atoms with Gasteiger partial charge in [0.1, 0.15) is 16.3 Å². The molecular weight excluding hydrogens is 565 g/mol. The molecule has 0 unspecified atom stereocenters. The van der Waals surface area contributed by atoms with E-state index in [0.29, 0.717) is 33.8 Å². The molecule has 4 rings (SSSR count). The van der Waals surface area contributed by atoms with E-state index in [4.69, 9.17) is 27.9 Å². The summed E-state index contributed by atoms with van der Waals surface area (Å²) in [6.45, 7) is 3.84. The molecule has 1 amide bonds. The first-order chi connectivity index (χ1) is 18.5. The fourth-order valence-electron chi connectivity index (χ4n) is 4.01. The first-order valence-electron chi connectivity index (χ1n) is 11.7. The van der Waals surface area contributed by atoms with Crippen LogP contribution >= 0.6 is 23.2 Å². The second-order valence-corrected chi connectivity index (χ2v) is 10.5. The zero-order valence-electron chi connectivity index (χ0n) is 20.8. The summed E-state index contributed by atoms with van der Waals surface area (Å²) in [6.07, 6.45) is 0.247. The Morgan fingerprint density at radius 3 is 2.46 bits per heavy atom. The van der Waals surface area contributed by atoms with Gasteiger partial charge in [-0.1, -0.05) is 54.4 Å². The van der Waals surface area contributed by atoms with Crippen molar-refractivity contribution in [1.29, 1.82) is 0 Å². The maximum absolute atomic E-state index is 13.3. The van der Waals surface area contributed by atoms with E-state index in [1.807, 2.05) is 0 Å². The standard InChI is InChI=1S/C27H23Cl2N3O6S/c1-3-15-11-18(14-21(29)26(15)39(35,36)37)31-32-24-19-8-6-5-7-16(19)12-20(25(24)33)27(34)30-22-10-9-17(28)13-23(22)38-4-2/h5-14,33H,3-4H2,1-2H3,(H,30,34)(H,35,36,37). The number of azo groups is 1. The third-order valence-corrected chi connectivity index (χ3v) is 7.38. The molecule has 0 saturated heterocycles. The number of ether oxygens (including phenoxy) is 1. The third-order valence-electron chi connectivity index (χ3n) is 5.74. The number of nitrogens with one attached hydrogen (secondary N) is 1. The average Bonchev–Trinajstić information content (AvgIpc) is 2.88. The van der Waals surface area contributed by atoms with Gasteiger partial charge in [-0.3, -0.25) is 9.35 Å². The summed E-state index contributed by atoms with van der Waals surface area (Å²) in [6, 6.07) is 15.9. The van der Waals surface area contributed by atoms with E-state index < -0.39 is 26.7 Å². The largest absolute Gasteiger partial charge is 0.505 e. The topological polar surface area (TPSA) is 138 Å². The number of benzene rings is 4. The molecule has 9 nitrogen and oxygen atoms in total. The van der Waals surface area contributed by atoms with Gasteiger partial charge in [0.25, 0.3) is 16.0 Å². The molecular formula is C27H23Cl2N3O6S. The summed E-state index contributed by atoms with van der Waals surface area (Å²) >= 11 is 12.2. The van der Waals surface area contributed by atoms with Crippen molar-refractivity contribution in [2.24, 2.45) is 10.2 Å². The minimum absolute atomic E-state index is 0.0208. The Balaban J connectivity index is 1.79. The van der Waals surface area contributed by atoms with Gasteiger partial charge in [-0.15, -0.1) is 5.11 Å². The van der Waals surface area contributed by atoms with Crippen molar-refractivity contribution in [3.63, 3.8) is 0 Å². The molecule has 39 heavy (non-hydrogen) atoms. The van der Waals surface area contributed by atoms with Crippen LogP contribution < -0.4 is 10.1 Å². The van der Waals surface area contributed by atoms with Crippen molar-refractivity contribution in [2.75, 3.05) is 11.9 Å². The Kier molecular flexibility index (Phi) is 8.41. The van der Waals surface area contributed by atoms with Crippen LogP contribution in [0.1, 0.15) is 29.8 Å². The normalized spacial score (nSPS) is 11.7. The number of aryl methyl sites for hydroxylation is 1. The Morgan fingerprint density at radius 2 is 1.77 bits per heavy atom. The number of fused-ring (bicyclic) bond motifs is 1. The lowest BCUT2D eigenvalue weighted by Gasteiger charge is -2.14. The minimum atomic E-state index is -4.55. The monoisotopic (exact) mass is 587 g/mol. The van der Waals surface area contributed by atoms with E-state index in [9.17, 15) is 22.9 Å². The van der Waals surface area contributed by atoms with Crippen molar-refractivity contribution in [2.45, 2.75) is 25.2 Å². The van der Waals surface area contributed by atoms with Crippen LogP contribution in [0.2, 0.25) is 10.0 Å². The first-order valence-corrected chi connectivity index (χ1v) is 13.9. The van der Waals surface area contributed by atoms with Gasteiger partial charge in [0.2, 0.25) is 0 Å². The average molecular weight is 588 g/mol. The maximum Gasteiger partial charge on any atom is 0.296 e. The number of nitrogens with zero attached hydrogens (tertiary/aromatic N) is 2. The number of halogens is 2. The van der Waals surface area contributed by atoms with Crippen LogP contribution in [0.4, 0.5) is 17.1 Å². The van der Waals surface area contributed by atoms with Gasteiger partial charge in [0.15, 0.2) is 5.75 Å². The summed E-state index contributed by atoms with van der Waals surface area (Å²) in [7, 11) is -4.55. The van der Waals surface area contributed by atoms with Crippen molar-refractivity contribution in [3.8, 4) is 11.5 Å². The van der Waals surface area contributed by atoms with Gasteiger partial charge in [0.05, 0.1) is 28.6 Å². The predicted octanol–water partition coefficient (Wildman–Crippen LogP) is 7.73. The maximum atomic E-state index is 13.3. The number of anilines is 1. The van der Waals surface area contributed by atoms with Gasteiger partial charge in [-0.25, -0.2) is 0 Å². The fraction of sp³-hybridized carbons (Fsp3) is 0.148. The highest BCUT2D eigenvalue weighted by Crippen LogP contribution is 2.41. The van der Waals surface area contributed by atoms with E-state index in [-0.39, 0.29) is 33.9 Å². The molecule has 0 radical (unpaired) electrons. The molecule has 0 atom stereocenters. The lowest BCUT2D eigenvalue weighted by atomic mass is 10.0. The van der Waals surface area contributed by atoms with Crippen LogP contribution in [-0.2, 0) is 16.5 Å². The Bertz CT molecular complexity index is 1720. The molecule has 0 spiro atoms. The van der Waals surface area contributed by atoms with E-state index >= 15 is 0 Å². The predicted molar refractivity (Wildman–Crippen MR) is 151 cm³/mol. The molecule has 0 aliphatic rings. The Labute approximate surface area is 234 Å². The van der Waals surface area contributed by atoms with Crippen LogP contribution in [0.15, 0.2) is 75.8 Å². The van der Waals surface area contributed by atoms with E-state index in [0.717, 1.165) is 0 Å². The van der Waals surface area contributed by atoms with E-state index in [2.05, 4.69) is 15.5 Å². The molecule has 0 fully saturated rings. The van der Waals surface area contributed by atoms with Gasteiger partial charge in [-0.05, 0) is 54.6 Å². The van der Waals surface area contributed by atoms with Crippen molar-refractivity contribution in [3.05, 3.63) is 81.8 Å². The Morgan fingerprint density at radius 1 is 1.03 bits per heavy atom. The van der Waals surface area contributed by atoms with Gasteiger partial charge >= 0.3 is 0 Å². The minimum Gasteiger partial charge on any atom is -0.505 e. The number of phenols is 1. The van der Waals surface area contributed by atoms with Crippen LogP contribution in [0.25, 0.3) is 10.8 Å². The van der Waals surface area contributed by atoms with Gasteiger partial charge < -0.3 is 15.2 Å². The number of aromatic hydroxyl groups is 1. The quantitative estimate of drug-likeness (QED) is 0.142. The highest BCUT2D eigenvalue weighted by molar-refractivity contribution is 7.86. The number of amides is 1. The van der Waals surface area contributed by atoms with Crippen molar-refractivity contribution in [1.82, 2.24) is 0 Å². The second kappa shape index (κ2) is 11.6. The molecule has 12 heteroatoms. The summed E-state index contributed by atoms with van der Waals surface area (Å²) in [5.74, 6) is -0.666. The smallest absolute Gasteiger partial charge is 0.296 e. The highest BCUT2D eigenvalue weighted by Gasteiger charge is 2.22. The lowest BCUT2D eigenvalue weighted by Crippen LogP contribution is -2.13. The van der Waals surface area contributed by atoms with E-state index in [1.165, 1.54) is 18.2 Å². The van der Waals surface area contributed by atoms with Crippen molar-refractivity contribution >= 4 is 67.1 Å². The lowest BCUT2D eigenvalue weighted by molar-refractivity contribution is 0.102. The van der Waals surface area contributed by atoms with Gasteiger partial charge in [0, 0.05) is 16.5 Å². The number of hydrogen-bond donors (Lipinski definition) is 3. The summed E-state index contributed by atoms with van der Waals surface area (Å²) in [5.41, 5.74) is 0.753. The second-order valence-electron chi connectivity index (χ2n) is 8.31. The van der Waals surface area contributed by atoms with Crippen LogP contribution in [0.3, 0.4) is 0 Å². The number of carbonyl (C=O) groups is 1. The molecule has 4 aromatic carbocycles. The summed E-state index contributed by atoms with van der Waals surface area (Å²) in [4.78, 5) is 12.9. The Hall–Kier alpha value is -3.70. The molecule has 3 N–H and O–H groups in total. The van der Waals surface area contributed by atoms with Gasteiger partial charge in [-0.2, -0.15) is 13.5 Å². The zero-order valence-corrected chi connectivity index (χ0v) is 23.1. The number of phenolic OH excluding ortho intramolecular Hbond substituents is 1. The van der Waals surface area contributed by atoms with Crippen LogP contribution in [0.5, 0.6) is 11.5 Å². The third kappa shape index (κ3) is 6.15. The molecule has 0 heterocycles. The highest BCUT2D eigenvalue weighted by atomic mass is 35.5. The summed E-state index contributed by atoms with van der Waals surface area (Å²) in [5, 5.41) is 23.6. The number of rotatable bonds is 8. The first kappa shape index (κ1) is 28.3. The van der Waals surface area contributed by atoms with Crippen LogP contribution in [-0.4, -0.2) is 30.6 Å². The molecule has 4 aromatic rings. The molecule has 0 aromatic heterocycles. The molecule has 0 saturated carbocycles.